The molecule has 1 rings (SSSR count). The quantitative estimate of drug-likeness (QED) is 0.677. The summed E-state index contributed by atoms with van der Waals surface area (Å²) in [5.74, 6) is 0.740. The van der Waals surface area contributed by atoms with Gasteiger partial charge in [-0.2, -0.15) is 0 Å². The molecule has 4 heteroatoms. The highest BCUT2D eigenvalue weighted by Gasteiger charge is 2.09. The summed E-state index contributed by atoms with van der Waals surface area (Å²) in [4.78, 5) is 12.3. The molecule has 0 aliphatic carbocycles. The lowest BCUT2D eigenvalue weighted by Crippen LogP contribution is -2.22. The molecule has 0 aliphatic heterocycles. The third-order valence-electron chi connectivity index (χ3n) is 1.65. The molecule has 0 fully saturated rings. The summed E-state index contributed by atoms with van der Waals surface area (Å²) >= 11 is 0. The van der Waals surface area contributed by atoms with Gasteiger partial charge in [0.15, 0.2) is 0 Å². The Morgan fingerprint density at radius 2 is 2.27 bits per heavy atom. The minimum atomic E-state index is -0.107. The largest absolute Gasteiger partial charge is 0.360 e. The van der Waals surface area contributed by atoms with Crippen LogP contribution in [0.1, 0.15) is 18.2 Å². The van der Waals surface area contributed by atoms with E-state index >= 15 is 0 Å². The molecule has 1 heterocycles. The van der Waals surface area contributed by atoms with Gasteiger partial charge in [0.1, 0.15) is 5.76 Å². The molecular formula is C7H12N2O2. The summed E-state index contributed by atoms with van der Waals surface area (Å²) in [6.45, 7) is 3.71. The van der Waals surface area contributed by atoms with E-state index in [-0.39, 0.29) is 5.56 Å². The summed E-state index contributed by atoms with van der Waals surface area (Å²) < 4.78 is 5.14. The van der Waals surface area contributed by atoms with Gasteiger partial charge >= 0.3 is 5.56 Å². The van der Waals surface area contributed by atoms with Crippen molar-refractivity contribution >= 4 is 0 Å². The van der Waals surface area contributed by atoms with Gasteiger partial charge in [-0.05, 0) is 6.92 Å². The first-order chi connectivity index (χ1) is 5.20. The summed E-state index contributed by atoms with van der Waals surface area (Å²) in [5.41, 5.74) is 3.20. The van der Waals surface area contributed by atoms with Crippen LogP contribution in [0.3, 0.4) is 0 Å². The molecule has 0 aromatic carbocycles. The van der Waals surface area contributed by atoms with Crippen molar-refractivity contribution < 1.29 is 4.52 Å². The van der Waals surface area contributed by atoms with Crippen molar-refractivity contribution in [2.24, 2.45) is 0 Å². The van der Waals surface area contributed by atoms with Crippen LogP contribution in [-0.2, 0) is 6.42 Å². The van der Waals surface area contributed by atoms with Crippen molar-refractivity contribution in [3.63, 3.8) is 0 Å². The van der Waals surface area contributed by atoms with Gasteiger partial charge in [0.25, 0.3) is 0 Å². The van der Waals surface area contributed by atoms with Crippen LogP contribution in [0.5, 0.6) is 0 Å². The number of nitrogens with zero attached hydrogens (tertiary/aromatic N) is 1. The first-order valence-electron chi connectivity index (χ1n) is 3.60. The van der Waals surface area contributed by atoms with Crippen molar-refractivity contribution in [2.75, 3.05) is 12.5 Å². The van der Waals surface area contributed by atoms with Gasteiger partial charge in [0.2, 0.25) is 0 Å². The summed E-state index contributed by atoms with van der Waals surface area (Å²) in [6, 6.07) is 0. The maximum absolute atomic E-state index is 11.2. The number of rotatable bonds is 2. The zero-order chi connectivity index (χ0) is 8.43. The monoisotopic (exact) mass is 156 g/mol. The van der Waals surface area contributed by atoms with Crippen LogP contribution in [0.15, 0.2) is 9.32 Å². The molecule has 4 nitrogen and oxygen atoms in total. The Bertz CT molecular complexity index is 298. The van der Waals surface area contributed by atoms with Crippen LogP contribution in [0.4, 0.5) is 0 Å². The number of hydrogen-bond donors (Lipinski definition) is 1. The van der Waals surface area contributed by atoms with Gasteiger partial charge < -0.3 is 4.52 Å². The van der Waals surface area contributed by atoms with E-state index in [2.05, 4.69) is 5.43 Å². The summed E-state index contributed by atoms with van der Waals surface area (Å²) in [5, 5.41) is 0. The highest BCUT2D eigenvalue weighted by Crippen LogP contribution is 2.02. The Balaban J connectivity index is 3.23. The van der Waals surface area contributed by atoms with E-state index in [1.54, 1.807) is 14.0 Å². The van der Waals surface area contributed by atoms with Crippen molar-refractivity contribution in [2.45, 2.75) is 20.3 Å². The normalized spacial score (nSPS) is 10.1. The Kier molecular flexibility index (Phi) is 2.03. The van der Waals surface area contributed by atoms with Gasteiger partial charge in [-0.1, -0.05) is 11.8 Å². The molecule has 0 unspecified atom stereocenters. The SMILES string of the molecule is CCc1on(NC)c(=O)c1C. The Hall–Kier alpha value is -1.19. The van der Waals surface area contributed by atoms with Gasteiger partial charge in [0.05, 0.1) is 5.56 Å². The number of aromatic nitrogens is 1. The van der Waals surface area contributed by atoms with E-state index in [9.17, 15) is 4.79 Å². The number of hydrogen-bond acceptors (Lipinski definition) is 3. The molecule has 0 saturated heterocycles. The molecule has 11 heavy (non-hydrogen) atoms. The molecule has 0 amide bonds. The molecule has 0 spiro atoms. The average molecular weight is 156 g/mol. The maximum Gasteiger partial charge on any atom is 0.307 e. The first kappa shape index (κ1) is 7.91. The van der Waals surface area contributed by atoms with Crippen molar-refractivity contribution in [1.82, 2.24) is 4.85 Å². The van der Waals surface area contributed by atoms with E-state index in [4.69, 9.17) is 4.52 Å². The van der Waals surface area contributed by atoms with Gasteiger partial charge in [-0.3, -0.25) is 10.2 Å². The third kappa shape index (κ3) is 1.15. The Morgan fingerprint density at radius 1 is 1.64 bits per heavy atom. The third-order valence-corrected chi connectivity index (χ3v) is 1.65. The lowest BCUT2D eigenvalue weighted by atomic mass is 10.2. The molecular weight excluding hydrogens is 144 g/mol. The number of aryl methyl sites for hydroxylation is 1. The fraction of sp³-hybridized carbons (Fsp3) is 0.571. The van der Waals surface area contributed by atoms with Crippen LogP contribution < -0.4 is 11.0 Å². The summed E-state index contributed by atoms with van der Waals surface area (Å²) in [7, 11) is 1.64. The minimum absolute atomic E-state index is 0.107. The zero-order valence-corrected chi connectivity index (χ0v) is 6.97. The zero-order valence-electron chi connectivity index (χ0n) is 6.97. The molecule has 62 valence electrons. The highest BCUT2D eigenvalue weighted by molar-refractivity contribution is 5.11. The van der Waals surface area contributed by atoms with E-state index < -0.39 is 0 Å². The lowest BCUT2D eigenvalue weighted by Gasteiger charge is -1.93. The second-order valence-electron chi connectivity index (χ2n) is 2.32. The van der Waals surface area contributed by atoms with Gasteiger partial charge in [-0.25, -0.2) is 0 Å². The lowest BCUT2D eigenvalue weighted by molar-refractivity contribution is 0.286. The van der Waals surface area contributed by atoms with Crippen LogP contribution in [0.2, 0.25) is 0 Å². The molecule has 1 N–H and O–H groups in total. The smallest absolute Gasteiger partial charge is 0.307 e. The van der Waals surface area contributed by atoms with Crippen molar-refractivity contribution in [3.05, 3.63) is 21.7 Å². The van der Waals surface area contributed by atoms with Crippen LogP contribution in [-0.4, -0.2) is 11.9 Å². The van der Waals surface area contributed by atoms with E-state index in [1.807, 2.05) is 6.92 Å². The van der Waals surface area contributed by atoms with Crippen molar-refractivity contribution in [1.29, 1.82) is 0 Å². The summed E-state index contributed by atoms with van der Waals surface area (Å²) in [6.07, 6.45) is 0.746. The standard InChI is InChI=1S/C7H12N2O2/c1-4-6-5(2)7(10)9(8-3)11-6/h8H,4H2,1-3H3. The minimum Gasteiger partial charge on any atom is -0.360 e. The topological polar surface area (TPSA) is 47.2 Å². The molecule has 0 atom stereocenters. The van der Waals surface area contributed by atoms with Gasteiger partial charge in [-0.15, -0.1) is 0 Å². The number of nitrogens with one attached hydrogen (secondary N) is 1. The fourth-order valence-electron chi connectivity index (χ4n) is 0.969. The van der Waals surface area contributed by atoms with Crippen LogP contribution in [0.25, 0.3) is 0 Å². The average Bonchev–Trinajstić information content (AvgIpc) is 2.30. The molecule has 0 saturated carbocycles. The predicted molar refractivity (Wildman–Crippen MR) is 42.4 cm³/mol. The molecule has 1 aromatic heterocycles. The fourth-order valence-corrected chi connectivity index (χ4v) is 0.969. The Morgan fingerprint density at radius 3 is 2.55 bits per heavy atom. The highest BCUT2D eigenvalue weighted by atomic mass is 16.5. The molecule has 0 radical (unpaired) electrons. The van der Waals surface area contributed by atoms with Crippen molar-refractivity contribution in [3.8, 4) is 0 Å². The Labute approximate surface area is 64.7 Å². The van der Waals surface area contributed by atoms with Crippen LogP contribution in [0, 0.1) is 6.92 Å². The second kappa shape index (κ2) is 2.82. The first-order valence-corrected chi connectivity index (χ1v) is 3.60. The maximum atomic E-state index is 11.2. The van der Waals surface area contributed by atoms with Gasteiger partial charge in [0, 0.05) is 13.5 Å². The van der Waals surface area contributed by atoms with E-state index in [0.29, 0.717) is 5.56 Å². The second-order valence-corrected chi connectivity index (χ2v) is 2.32. The van der Waals surface area contributed by atoms with E-state index in [0.717, 1.165) is 17.0 Å². The van der Waals surface area contributed by atoms with Crippen LogP contribution >= 0.6 is 0 Å². The molecule has 1 aromatic rings. The van der Waals surface area contributed by atoms with E-state index in [1.165, 1.54) is 0 Å². The predicted octanol–water partition coefficient (Wildman–Crippen LogP) is 0.485. The molecule has 0 aliphatic rings. The molecule has 0 bridgehead atoms.